The zero-order valence-electron chi connectivity index (χ0n) is 20.4. The lowest BCUT2D eigenvalue weighted by molar-refractivity contribution is 0.130. The Balaban J connectivity index is 1.24. The summed E-state index contributed by atoms with van der Waals surface area (Å²) in [6, 6.07) is 23.8. The van der Waals surface area contributed by atoms with Crippen LogP contribution < -0.4 is 24.4 Å². The fourth-order valence-electron chi connectivity index (χ4n) is 4.62. The third-order valence-electron chi connectivity index (χ3n) is 6.63. The van der Waals surface area contributed by atoms with Gasteiger partial charge in [0, 0.05) is 38.4 Å². The van der Waals surface area contributed by atoms with E-state index in [4.69, 9.17) is 18.9 Å². The number of nitrogens with one attached hydrogen (secondary N) is 1. The van der Waals surface area contributed by atoms with E-state index in [1.165, 1.54) is 5.69 Å². The number of amides is 1. The van der Waals surface area contributed by atoms with Gasteiger partial charge in [0.25, 0.3) is 0 Å². The molecule has 2 aliphatic heterocycles. The monoisotopic (exact) mass is 489 g/mol. The molecule has 1 saturated heterocycles. The topological polar surface area (TPSA) is 72.5 Å². The first-order valence-electron chi connectivity index (χ1n) is 12.2. The molecule has 2 aliphatic rings. The molecule has 3 aromatic rings. The van der Waals surface area contributed by atoms with E-state index in [0.717, 1.165) is 54.6 Å². The molecule has 2 heterocycles. The standard InChI is InChI=1S/C28H31N3O5/c1-33-24-10-8-23(9-11-24)30-13-15-31(16-14-30)25(22-7-12-26-27(17-22)36-20-35-26)18-29-28(32)34-19-21-5-3-2-4-6-21/h2-12,17,25H,13-16,18-20H2,1H3,(H,29,32)/t25-/m0/s1. The van der Waals surface area contributed by atoms with E-state index < -0.39 is 6.09 Å². The second-order valence-corrected chi connectivity index (χ2v) is 8.79. The SMILES string of the molecule is COc1ccc(N2CCN([C@@H](CNC(=O)OCc3ccccc3)c3ccc4c(c3)OCO4)CC2)cc1. The zero-order valence-corrected chi connectivity index (χ0v) is 20.4. The van der Waals surface area contributed by atoms with Gasteiger partial charge < -0.3 is 29.2 Å². The molecule has 1 fully saturated rings. The number of hydrogen-bond acceptors (Lipinski definition) is 7. The number of piperazine rings is 1. The maximum atomic E-state index is 12.5. The van der Waals surface area contributed by atoms with Crippen LogP contribution in [-0.4, -0.2) is 57.6 Å². The smallest absolute Gasteiger partial charge is 0.407 e. The lowest BCUT2D eigenvalue weighted by Crippen LogP contribution is -2.50. The Morgan fingerprint density at radius 3 is 2.44 bits per heavy atom. The number of hydrogen-bond donors (Lipinski definition) is 1. The van der Waals surface area contributed by atoms with E-state index in [-0.39, 0.29) is 19.4 Å². The number of carbonyl (C=O) groups excluding carboxylic acids is 1. The summed E-state index contributed by atoms with van der Waals surface area (Å²) in [5.41, 5.74) is 3.20. The van der Waals surface area contributed by atoms with Gasteiger partial charge in [0.2, 0.25) is 6.79 Å². The molecule has 36 heavy (non-hydrogen) atoms. The number of carbonyl (C=O) groups is 1. The van der Waals surface area contributed by atoms with Crippen molar-refractivity contribution in [3.05, 3.63) is 83.9 Å². The molecule has 0 aliphatic carbocycles. The van der Waals surface area contributed by atoms with Crippen molar-refractivity contribution < 1.29 is 23.7 Å². The van der Waals surface area contributed by atoms with Crippen molar-refractivity contribution >= 4 is 11.8 Å². The van der Waals surface area contributed by atoms with Crippen LogP contribution in [0.25, 0.3) is 0 Å². The molecule has 8 heteroatoms. The number of anilines is 1. The predicted molar refractivity (Wildman–Crippen MR) is 137 cm³/mol. The van der Waals surface area contributed by atoms with Crippen LogP contribution in [0.15, 0.2) is 72.8 Å². The summed E-state index contributed by atoms with van der Waals surface area (Å²) in [6.07, 6.45) is -0.429. The highest BCUT2D eigenvalue weighted by atomic mass is 16.7. The van der Waals surface area contributed by atoms with Gasteiger partial charge in [-0.15, -0.1) is 0 Å². The Labute approximate surface area is 211 Å². The van der Waals surface area contributed by atoms with Crippen molar-refractivity contribution in [1.82, 2.24) is 10.2 Å². The maximum absolute atomic E-state index is 12.5. The fraction of sp³-hybridized carbons (Fsp3) is 0.321. The molecule has 0 aromatic heterocycles. The molecule has 1 atom stereocenters. The number of fused-ring (bicyclic) bond motifs is 1. The molecule has 188 valence electrons. The zero-order chi connectivity index (χ0) is 24.7. The van der Waals surface area contributed by atoms with Gasteiger partial charge in [-0.25, -0.2) is 4.79 Å². The minimum Gasteiger partial charge on any atom is -0.497 e. The predicted octanol–water partition coefficient (Wildman–Crippen LogP) is 4.21. The Bertz CT molecular complexity index is 1150. The second kappa shape index (κ2) is 11.2. The first-order valence-corrected chi connectivity index (χ1v) is 12.2. The first kappa shape index (κ1) is 23.8. The number of rotatable bonds is 8. The fourth-order valence-corrected chi connectivity index (χ4v) is 4.62. The maximum Gasteiger partial charge on any atom is 0.407 e. The summed E-state index contributed by atoms with van der Waals surface area (Å²) in [6.45, 7) is 4.36. The largest absolute Gasteiger partial charge is 0.497 e. The van der Waals surface area contributed by atoms with Crippen molar-refractivity contribution in [1.29, 1.82) is 0 Å². The molecule has 3 aromatic carbocycles. The molecule has 0 saturated carbocycles. The third-order valence-corrected chi connectivity index (χ3v) is 6.63. The summed E-state index contributed by atoms with van der Waals surface area (Å²) >= 11 is 0. The average molecular weight is 490 g/mol. The molecule has 0 spiro atoms. The minimum absolute atomic E-state index is 0.0261. The van der Waals surface area contributed by atoms with Gasteiger partial charge in [0.1, 0.15) is 12.4 Å². The van der Waals surface area contributed by atoms with Gasteiger partial charge in [-0.3, -0.25) is 4.90 Å². The molecule has 8 nitrogen and oxygen atoms in total. The van der Waals surface area contributed by atoms with Gasteiger partial charge in [0.15, 0.2) is 11.5 Å². The van der Waals surface area contributed by atoms with E-state index in [1.807, 2.05) is 60.7 Å². The van der Waals surface area contributed by atoms with Crippen LogP contribution in [0.4, 0.5) is 10.5 Å². The summed E-state index contributed by atoms with van der Waals surface area (Å²) < 4.78 is 21.8. The highest BCUT2D eigenvalue weighted by Gasteiger charge is 2.27. The van der Waals surface area contributed by atoms with Crippen molar-refractivity contribution in [2.45, 2.75) is 12.6 Å². The van der Waals surface area contributed by atoms with Gasteiger partial charge in [0.05, 0.1) is 13.2 Å². The number of methoxy groups -OCH3 is 1. The molecule has 1 N–H and O–H groups in total. The van der Waals surface area contributed by atoms with Gasteiger partial charge >= 0.3 is 6.09 Å². The number of nitrogens with zero attached hydrogens (tertiary/aromatic N) is 2. The molecular weight excluding hydrogens is 458 g/mol. The summed E-state index contributed by atoms with van der Waals surface area (Å²) in [7, 11) is 1.68. The molecular formula is C28H31N3O5. The van der Waals surface area contributed by atoms with Gasteiger partial charge in [-0.05, 0) is 47.5 Å². The first-order chi connectivity index (χ1) is 17.7. The summed E-state index contributed by atoms with van der Waals surface area (Å²) in [4.78, 5) is 17.3. The second-order valence-electron chi connectivity index (χ2n) is 8.79. The van der Waals surface area contributed by atoms with E-state index in [1.54, 1.807) is 7.11 Å². The van der Waals surface area contributed by atoms with Crippen LogP contribution >= 0.6 is 0 Å². The van der Waals surface area contributed by atoms with Crippen LogP contribution in [0.5, 0.6) is 17.2 Å². The summed E-state index contributed by atoms with van der Waals surface area (Å²) in [5, 5.41) is 2.97. The normalized spacial score (nSPS) is 15.9. The summed E-state index contributed by atoms with van der Waals surface area (Å²) in [5.74, 6) is 2.34. The lowest BCUT2D eigenvalue weighted by Gasteiger charge is -2.40. The van der Waals surface area contributed by atoms with Crippen LogP contribution in [0.2, 0.25) is 0 Å². The Hall–Kier alpha value is -3.91. The Morgan fingerprint density at radius 2 is 1.69 bits per heavy atom. The molecule has 0 radical (unpaired) electrons. The van der Waals surface area contributed by atoms with Crippen molar-refractivity contribution in [2.75, 3.05) is 51.5 Å². The van der Waals surface area contributed by atoms with Gasteiger partial charge in [-0.1, -0.05) is 36.4 Å². The molecule has 5 rings (SSSR count). The van der Waals surface area contributed by atoms with Gasteiger partial charge in [-0.2, -0.15) is 0 Å². The Kier molecular flexibility index (Phi) is 7.42. The van der Waals surface area contributed by atoms with E-state index in [0.29, 0.717) is 6.54 Å². The van der Waals surface area contributed by atoms with E-state index >= 15 is 0 Å². The van der Waals surface area contributed by atoms with Crippen LogP contribution in [0, 0.1) is 0 Å². The highest BCUT2D eigenvalue weighted by molar-refractivity contribution is 5.67. The highest BCUT2D eigenvalue weighted by Crippen LogP contribution is 2.36. The van der Waals surface area contributed by atoms with Crippen LogP contribution in [0.1, 0.15) is 17.2 Å². The number of benzene rings is 3. The quantitative estimate of drug-likeness (QED) is 0.508. The Morgan fingerprint density at radius 1 is 0.944 bits per heavy atom. The molecule has 0 bridgehead atoms. The van der Waals surface area contributed by atoms with Crippen LogP contribution in [-0.2, 0) is 11.3 Å². The van der Waals surface area contributed by atoms with Crippen molar-refractivity contribution in [2.24, 2.45) is 0 Å². The third kappa shape index (κ3) is 5.66. The number of alkyl carbamates (subject to hydrolysis) is 1. The average Bonchev–Trinajstić information content (AvgIpc) is 3.41. The molecule has 1 amide bonds. The van der Waals surface area contributed by atoms with Crippen LogP contribution in [0.3, 0.4) is 0 Å². The van der Waals surface area contributed by atoms with E-state index in [2.05, 4.69) is 27.2 Å². The van der Waals surface area contributed by atoms with Crippen molar-refractivity contribution in [3.63, 3.8) is 0 Å². The number of ether oxygens (including phenoxy) is 4. The van der Waals surface area contributed by atoms with Crippen molar-refractivity contribution in [3.8, 4) is 17.2 Å². The lowest BCUT2D eigenvalue weighted by atomic mass is 10.0. The minimum atomic E-state index is -0.429. The van der Waals surface area contributed by atoms with E-state index in [9.17, 15) is 4.79 Å². The molecule has 0 unspecified atom stereocenters.